The molecule has 0 aliphatic carbocycles. The summed E-state index contributed by atoms with van der Waals surface area (Å²) in [6.45, 7) is -0.0131. The van der Waals surface area contributed by atoms with Crippen molar-refractivity contribution in [3.8, 4) is 0 Å². The Kier molecular flexibility index (Phi) is 4.94. The van der Waals surface area contributed by atoms with Gasteiger partial charge in [0.1, 0.15) is 6.54 Å². The van der Waals surface area contributed by atoms with Crippen LogP contribution >= 0.6 is 11.6 Å². The molecule has 0 spiro atoms. The summed E-state index contributed by atoms with van der Waals surface area (Å²) in [5.74, 6) is -1.38. The molecule has 1 N–H and O–H groups in total. The minimum atomic E-state index is -1.08. The molecule has 0 aliphatic rings. The van der Waals surface area contributed by atoms with Crippen LogP contribution in [-0.2, 0) is 16.1 Å². The van der Waals surface area contributed by atoms with Crippen molar-refractivity contribution < 1.29 is 14.7 Å². The van der Waals surface area contributed by atoms with E-state index >= 15 is 0 Å². The summed E-state index contributed by atoms with van der Waals surface area (Å²) in [7, 11) is 0. The third kappa shape index (κ3) is 4.32. The monoisotopic (exact) mass is 307 g/mol. The lowest BCUT2D eigenvalue weighted by atomic mass is 10.2. The van der Waals surface area contributed by atoms with Gasteiger partial charge >= 0.3 is 5.97 Å². The average molecular weight is 308 g/mol. The van der Waals surface area contributed by atoms with E-state index in [1.165, 1.54) is 4.90 Å². The predicted molar refractivity (Wildman–Crippen MR) is 78.3 cm³/mol. The number of aromatic nitrogens is 2. The minimum Gasteiger partial charge on any atom is -0.480 e. The first-order valence-corrected chi connectivity index (χ1v) is 6.69. The van der Waals surface area contributed by atoms with E-state index in [4.69, 9.17) is 16.7 Å². The number of halogens is 1. The third-order valence-electron chi connectivity index (χ3n) is 2.83. The van der Waals surface area contributed by atoms with Gasteiger partial charge in [0.2, 0.25) is 5.91 Å². The number of aliphatic carboxylic acids is 1. The van der Waals surface area contributed by atoms with E-state index in [1.807, 2.05) is 0 Å². The number of carboxylic acid groups (broad SMARTS) is 1. The Balaban J connectivity index is 2.11. The molecule has 110 valence electrons. The largest absolute Gasteiger partial charge is 0.480 e. The van der Waals surface area contributed by atoms with Crippen molar-refractivity contribution in [3.63, 3.8) is 0 Å². The number of hydrogen-bond acceptors (Lipinski definition) is 3. The molecule has 0 saturated carbocycles. The van der Waals surface area contributed by atoms with Gasteiger partial charge in [0.25, 0.3) is 0 Å². The number of hydrogen-bond donors (Lipinski definition) is 1. The van der Waals surface area contributed by atoms with Crippen molar-refractivity contribution in [2.24, 2.45) is 0 Å². The fraction of sp³-hybridized carbons (Fsp3) is 0.214. The molecule has 1 aromatic carbocycles. The van der Waals surface area contributed by atoms with Crippen LogP contribution in [0.1, 0.15) is 6.42 Å². The van der Waals surface area contributed by atoms with Crippen LogP contribution in [0.25, 0.3) is 0 Å². The summed E-state index contributed by atoms with van der Waals surface area (Å²) < 4.78 is 1.62. The summed E-state index contributed by atoms with van der Waals surface area (Å²) in [6.07, 6.45) is 3.52. The van der Waals surface area contributed by atoms with Crippen molar-refractivity contribution in [3.05, 3.63) is 47.7 Å². The maximum absolute atomic E-state index is 12.3. The Labute approximate surface area is 126 Å². The lowest BCUT2D eigenvalue weighted by molar-refractivity contribution is -0.136. The van der Waals surface area contributed by atoms with Crippen LogP contribution in [0.3, 0.4) is 0 Å². The zero-order chi connectivity index (χ0) is 15.2. The highest BCUT2D eigenvalue weighted by atomic mass is 35.5. The molecular formula is C14H14ClN3O3. The Hall–Kier alpha value is -2.34. The van der Waals surface area contributed by atoms with Gasteiger partial charge in [-0.2, -0.15) is 5.10 Å². The van der Waals surface area contributed by atoms with Crippen LogP contribution in [0, 0.1) is 0 Å². The molecule has 2 aromatic rings. The van der Waals surface area contributed by atoms with Gasteiger partial charge in [-0.3, -0.25) is 14.3 Å². The molecule has 21 heavy (non-hydrogen) atoms. The number of amides is 1. The lowest BCUT2D eigenvalue weighted by Crippen LogP contribution is -2.36. The Bertz CT molecular complexity index is 628. The van der Waals surface area contributed by atoms with E-state index in [0.29, 0.717) is 17.3 Å². The Morgan fingerprint density at radius 1 is 1.33 bits per heavy atom. The van der Waals surface area contributed by atoms with Gasteiger partial charge in [0.05, 0.1) is 0 Å². The molecule has 0 aliphatic heterocycles. The van der Waals surface area contributed by atoms with Crippen LogP contribution in [0.15, 0.2) is 42.7 Å². The number of benzene rings is 1. The second-order valence-corrected chi connectivity index (χ2v) is 4.81. The van der Waals surface area contributed by atoms with Gasteiger partial charge < -0.3 is 10.0 Å². The van der Waals surface area contributed by atoms with E-state index in [-0.39, 0.29) is 12.3 Å². The van der Waals surface area contributed by atoms with Gasteiger partial charge in [-0.1, -0.05) is 17.7 Å². The van der Waals surface area contributed by atoms with Gasteiger partial charge in [-0.25, -0.2) is 0 Å². The highest BCUT2D eigenvalue weighted by Crippen LogP contribution is 2.20. The van der Waals surface area contributed by atoms with Gasteiger partial charge in [-0.15, -0.1) is 0 Å². The third-order valence-corrected chi connectivity index (χ3v) is 3.06. The zero-order valence-electron chi connectivity index (χ0n) is 11.1. The smallest absolute Gasteiger partial charge is 0.323 e. The molecule has 0 bridgehead atoms. The Morgan fingerprint density at radius 2 is 2.14 bits per heavy atom. The molecule has 2 rings (SSSR count). The number of rotatable bonds is 6. The number of carbonyl (C=O) groups is 2. The SMILES string of the molecule is O=C(O)CN(C(=O)CCn1cccn1)c1cccc(Cl)c1. The molecule has 1 amide bonds. The van der Waals surface area contributed by atoms with E-state index in [1.54, 1.807) is 47.4 Å². The van der Waals surface area contributed by atoms with Crippen LogP contribution in [0.5, 0.6) is 0 Å². The quantitative estimate of drug-likeness (QED) is 0.886. The van der Waals surface area contributed by atoms with Gasteiger partial charge in [0.15, 0.2) is 0 Å². The standard InChI is InChI=1S/C14H14ClN3O3/c15-11-3-1-4-12(9-11)18(10-14(20)21)13(19)5-8-17-7-2-6-16-17/h1-4,6-7,9H,5,8,10H2,(H,20,21). The molecule has 0 fully saturated rings. The van der Waals surface area contributed by atoms with Crippen molar-refractivity contribution in [2.75, 3.05) is 11.4 Å². The number of carbonyl (C=O) groups excluding carboxylic acids is 1. The molecule has 0 atom stereocenters. The molecule has 1 aromatic heterocycles. The molecule has 6 nitrogen and oxygen atoms in total. The number of carboxylic acids is 1. The van der Waals surface area contributed by atoms with Crippen molar-refractivity contribution >= 4 is 29.2 Å². The second-order valence-electron chi connectivity index (χ2n) is 4.37. The highest BCUT2D eigenvalue weighted by Gasteiger charge is 2.19. The summed E-state index contributed by atoms with van der Waals surface area (Å²) in [5, 5.41) is 13.4. The summed E-state index contributed by atoms with van der Waals surface area (Å²) in [4.78, 5) is 24.4. The molecule has 1 heterocycles. The normalized spacial score (nSPS) is 10.3. The van der Waals surface area contributed by atoms with E-state index in [2.05, 4.69) is 5.10 Å². The number of nitrogens with zero attached hydrogens (tertiary/aromatic N) is 3. The van der Waals surface area contributed by atoms with E-state index < -0.39 is 12.5 Å². The highest BCUT2D eigenvalue weighted by molar-refractivity contribution is 6.30. The van der Waals surface area contributed by atoms with Crippen molar-refractivity contribution in [2.45, 2.75) is 13.0 Å². The fourth-order valence-corrected chi connectivity index (χ4v) is 2.07. The molecule has 0 saturated heterocycles. The van der Waals surface area contributed by atoms with Gasteiger partial charge in [0, 0.05) is 36.1 Å². The fourth-order valence-electron chi connectivity index (χ4n) is 1.88. The lowest BCUT2D eigenvalue weighted by Gasteiger charge is -2.21. The van der Waals surface area contributed by atoms with Gasteiger partial charge in [-0.05, 0) is 24.3 Å². The topological polar surface area (TPSA) is 75.4 Å². The number of aryl methyl sites for hydroxylation is 1. The van der Waals surface area contributed by atoms with Crippen molar-refractivity contribution in [1.29, 1.82) is 0 Å². The molecule has 0 radical (unpaired) electrons. The molecule has 0 unspecified atom stereocenters. The maximum Gasteiger partial charge on any atom is 0.323 e. The predicted octanol–water partition coefficient (Wildman–Crippen LogP) is 2.04. The average Bonchev–Trinajstić information content (AvgIpc) is 2.95. The van der Waals surface area contributed by atoms with Crippen LogP contribution in [0.4, 0.5) is 5.69 Å². The molecule has 7 heteroatoms. The van der Waals surface area contributed by atoms with Crippen LogP contribution in [0.2, 0.25) is 5.02 Å². The van der Waals surface area contributed by atoms with Crippen LogP contribution in [-0.4, -0.2) is 33.3 Å². The summed E-state index contributed by atoms with van der Waals surface area (Å²) >= 11 is 5.89. The van der Waals surface area contributed by atoms with E-state index in [9.17, 15) is 9.59 Å². The first-order valence-electron chi connectivity index (χ1n) is 6.31. The Morgan fingerprint density at radius 3 is 2.76 bits per heavy atom. The second kappa shape index (κ2) is 6.90. The van der Waals surface area contributed by atoms with Crippen LogP contribution < -0.4 is 4.90 Å². The zero-order valence-corrected chi connectivity index (χ0v) is 11.9. The number of anilines is 1. The first kappa shape index (κ1) is 15.1. The first-order chi connectivity index (χ1) is 10.1. The minimum absolute atomic E-state index is 0.154. The summed E-state index contributed by atoms with van der Waals surface area (Å²) in [5.41, 5.74) is 0.468. The van der Waals surface area contributed by atoms with Crippen molar-refractivity contribution in [1.82, 2.24) is 9.78 Å². The van der Waals surface area contributed by atoms with E-state index in [0.717, 1.165) is 0 Å². The maximum atomic E-state index is 12.3. The summed E-state index contributed by atoms with van der Waals surface area (Å²) in [6, 6.07) is 8.32. The molecular weight excluding hydrogens is 294 g/mol.